The second-order valence-corrected chi connectivity index (χ2v) is 9.16. The minimum absolute atomic E-state index is 0.0532. The molecule has 162 valence electrons. The van der Waals surface area contributed by atoms with Crippen LogP contribution >= 0.6 is 27.7 Å². The summed E-state index contributed by atoms with van der Waals surface area (Å²) in [6.07, 6.45) is 0.826. The van der Waals surface area contributed by atoms with Crippen molar-refractivity contribution in [3.05, 3.63) is 69.9 Å². The molecular weight excluding hydrogens is 467 g/mol. The highest BCUT2D eigenvalue weighted by Crippen LogP contribution is 2.18. The van der Waals surface area contributed by atoms with Crippen molar-refractivity contribution in [1.29, 1.82) is 0 Å². The number of thioether (sulfide) groups is 1. The van der Waals surface area contributed by atoms with Gasteiger partial charge in [-0.05, 0) is 55.7 Å². The summed E-state index contributed by atoms with van der Waals surface area (Å²) in [4.78, 5) is 27.3. The predicted molar refractivity (Wildman–Crippen MR) is 125 cm³/mol. The van der Waals surface area contributed by atoms with Crippen molar-refractivity contribution >= 4 is 39.5 Å². The van der Waals surface area contributed by atoms with E-state index in [2.05, 4.69) is 21.2 Å². The zero-order chi connectivity index (χ0) is 22.1. The lowest BCUT2D eigenvalue weighted by Gasteiger charge is -2.29. The van der Waals surface area contributed by atoms with Crippen LogP contribution in [-0.2, 0) is 21.9 Å². The van der Waals surface area contributed by atoms with Gasteiger partial charge in [0.15, 0.2) is 0 Å². The number of carbonyl (C=O) groups excluding carboxylic acids is 2. The predicted octanol–water partition coefficient (Wildman–Crippen LogP) is 5.15. The van der Waals surface area contributed by atoms with Crippen LogP contribution < -0.4 is 5.32 Å². The molecule has 0 unspecified atom stereocenters. The van der Waals surface area contributed by atoms with Gasteiger partial charge in [0.05, 0.1) is 5.75 Å². The molecule has 0 radical (unpaired) electrons. The molecule has 0 aliphatic carbocycles. The van der Waals surface area contributed by atoms with Gasteiger partial charge in [-0.15, -0.1) is 11.8 Å². The van der Waals surface area contributed by atoms with Gasteiger partial charge < -0.3 is 10.2 Å². The number of benzene rings is 2. The second-order valence-electron chi connectivity index (χ2n) is 7.26. The molecule has 1 N–H and O–H groups in total. The van der Waals surface area contributed by atoms with Crippen LogP contribution in [0, 0.1) is 5.82 Å². The fourth-order valence-electron chi connectivity index (χ4n) is 2.75. The molecule has 0 aliphatic heterocycles. The molecule has 0 saturated heterocycles. The van der Waals surface area contributed by atoms with Crippen LogP contribution in [0.1, 0.15) is 38.3 Å². The first kappa shape index (κ1) is 24.4. The molecule has 0 spiro atoms. The molecule has 0 saturated carbocycles. The molecule has 2 aromatic rings. The van der Waals surface area contributed by atoms with Gasteiger partial charge in [0.25, 0.3) is 0 Å². The van der Waals surface area contributed by atoms with Crippen molar-refractivity contribution in [2.45, 2.75) is 51.6 Å². The Kier molecular flexibility index (Phi) is 9.85. The molecule has 2 atom stereocenters. The van der Waals surface area contributed by atoms with Crippen LogP contribution in [0.25, 0.3) is 0 Å². The number of rotatable bonds is 10. The van der Waals surface area contributed by atoms with E-state index in [-0.39, 0.29) is 29.4 Å². The molecule has 0 fully saturated rings. The Morgan fingerprint density at radius 2 is 1.67 bits per heavy atom. The minimum Gasteiger partial charge on any atom is -0.352 e. The first-order valence-electron chi connectivity index (χ1n) is 9.96. The van der Waals surface area contributed by atoms with Gasteiger partial charge >= 0.3 is 0 Å². The third-order valence-corrected chi connectivity index (χ3v) is 6.36. The zero-order valence-corrected chi connectivity index (χ0v) is 19.9. The maximum absolute atomic E-state index is 13.0. The second kappa shape index (κ2) is 12.1. The maximum atomic E-state index is 13.0. The highest BCUT2D eigenvalue weighted by molar-refractivity contribution is 9.10. The number of halogens is 2. The van der Waals surface area contributed by atoms with Crippen LogP contribution in [0.15, 0.2) is 53.0 Å². The summed E-state index contributed by atoms with van der Waals surface area (Å²) in [6, 6.07) is 13.5. The first-order chi connectivity index (χ1) is 14.3. The highest BCUT2D eigenvalue weighted by atomic mass is 79.9. The van der Waals surface area contributed by atoms with Crippen molar-refractivity contribution in [3.8, 4) is 0 Å². The lowest BCUT2D eigenvalue weighted by molar-refractivity contribution is -0.138. The molecule has 2 amide bonds. The minimum atomic E-state index is -0.582. The molecular formula is C23H28BrFN2O2S. The summed E-state index contributed by atoms with van der Waals surface area (Å²) in [5.41, 5.74) is 1.91. The van der Waals surface area contributed by atoms with Crippen LogP contribution in [0.4, 0.5) is 4.39 Å². The third-order valence-electron chi connectivity index (χ3n) is 4.84. The summed E-state index contributed by atoms with van der Waals surface area (Å²) in [7, 11) is 0. The number of nitrogens with one attached hydrogen (secondary N) is 1. The SMILES string of the molecule is CC[C@H](C)NC(=O)[C@@H](C)N(Cc1ccc(Br)cc1)C(=O)CSCc1ccc(F)cc1. The largest absolute Gasteiger partial charge is 0.352 e. The Labute approximate surface area is 190 Å². The molecule has 0 bridgehead atoms. The van der Waals surface area contributed by atoms with Crippen LogP contribution in [0.5, 0.6) is 0 Å². The Balaban J connectivity index is 2.06. The lowest BCUT2D eigenvalue weighted by atomic mass is 10.1. The van der Waals surface area contributed by atoms with Crippen molar-refractivity contribution in [3.63, 3.8) is 0 Å². The number of hydrogen-bond acceptors (Lipinski definition) is 3. The third kappa shape index (κ3) is 7.76. The Bertz CT molecular complexity index is 830. The van der Waals surface area contributed by atoms with Crippen molar-refractivity contribution in [1.82, 2.24) is 10.2 Å². The Hall–Kier alpha value is -1.86. The van der Waals surface area contributed by atoms with Gasteiger partial charge in [0.2, 0.25) is 11.8 Å². The van der Waals surface area contributed by atoms with E-state index in [1.54, 1.807) is 24.0 Å². The average Bonchev–Trinajstić information content (AvgIpc) is 2.74. The topological polar surface area (TPSA) is 49.4 Å². The van der Waals surface area contributed by atoms with E-state index in [4.69, 9.17) is 0 Å². The van der Waals surface area contributed by atoms with Crippen LogP contribution in [0.3, 0.4) is 0 Å². The van der Waals surface area contributed by atoms with Gasteiger partial charge in [-0.1, -0.05) is 47.1 Å². The molecule has 2 aromatic carbocycles. The van der Waals surface area contributed by atoms with E-state index in [0.717, 1.165) is 22.0 Å². The van der Waals surface area contributed by atoms with Gasteiger partial charge in [0, 0.05) is 22.8 Å². The molecule has 30 heavy (non-hydrogen) atoms. The number of amides is 2. The highest BCUT2D eigenvalue weighted by Gasteiger charge is 2.26. The monoisotopic (exact) mass is 494 g/mol. The maximum Gasteiger partial charge on any atom is 0.242 e. The Morgan fingerprint density at radius 3 is 2.27 bits per heavy atom. The van der Waals surface area contributed by atoms with E-state index in [0.29, 0.717) is 12.3 Å². The van der Waals surface area contributed by atoms with Crippen LogP contribution in [0.2, 0.25) is 0 Å². The van der Waals surface area contributed by atoms with Gasteiger partial charge in [-0.25, -0.2) is 4.39 Å². The van der Waals surface area contributed by atoms with Crippen molar-refractivity contribution in [2.24, 2.45) is 0 Å². The standard InChI is InChI=1S/C23H28BrFN2O2S/c1-4-16(2)26-23(29)17(3)27(13-18-5-9-20(24)10-6-18)22(28)15-30-14-19-7-11-21(25)12-8-19/h5-12,16-17H,4,13-15H2,1-3H3,(H,26,29)/t16-,17+/m0/s1. The average molecular weight is 495 g/mol. The van der Waals surface area contributed by atoms with Crippen molar-refractivity contribution in [2.75, 3.05) is 5.75 Å². The molecule has 0 aromatic heterocycles. The summed E-state index contributed by atoms with van der Waals surface area (Å²) in [5.74, 6) is 0.317. The fraction of sp³-hybridized carbons (Fsp3) is 0.391. The van der Waals surface area contributed by atoms with Crippen LogP contribution in [-0.4, -0.2) is 34.6 Å². The van der Waals surface area contributed by atoms with Gasteiger partial charge in [-0.3, -0.25) is 9.59 Å². The summed E-state index contributed by atoms with van der Waals surface area (Å²) < 4.78 is 14.0. The number of nitrogens with zero attached hydrogens (tertiary/aromatic N) is 1. The quantitative estimate of drug-likeness (QED) is 0.496. The smallest absolute Gasteiger partial charge is 0.242 e. The molecule has 0 aliphatic rings. The lowest BCUT2D eigenvalue weighted by Crippen LogP contribution is -2.50. The molecule has 4 nitrogen and oxygen atoms in total. The van der Waals surface area contributed by atoms with E-state index in [9.17, 15) is 14.0 Å². The van der Waals surface area contributed by atoms with Crippen molar-refractivity contribution < 1.29 is 14.0 Å². The van der Waals surface area contributed by atoms with Gasteiger partial charge in [-0.2, -0.15) is 0 Å². The zero-order valence-electron chi connectivity index (χ0n) is 17.5. The molecule has 7 heteroatoms. The molecule has 0 heterocycles. The molecule has 2 rings (SSSR count). The summed E-state index contributed by atoms with van der Waals surface area (Å²) in [5, 5.41) is 2.96. The van der Waals surface area contributed by atoms with E-state index >= 15 is 0 Å². The first-order valence-corrected chi connectivity index (χ1v) is 11.9. The number of hydrogen-bond donors (Lipinski definition) is 1. The van der Waals surface area contributed by atoms with Gasteiger partial charge in [0.1, 0.15) is 11.9 Å². The van der Waals surface area contributed by atoms with E-state index in [1.165, 1.54) is 23.9 Å². The summed E-state index contributed by atoms with van der Waals surface area (Å²) >= 11 is 4.87. The Morgan fingerprint density at radius 1 is 1.07 bits per heavy atom. The van der Waals surface area contributed by atoms with E-state index in [1.807, 2.05) is 38.1 Å². The normalized spacial score (nSPS) is 12.8. The fourth-order valence-corrected chi connectivity index (χ4v) is 3.89. The number of carbonyl (C=O) groups is 2. The summed E-state index contributed by atoms with van der Waals surface area (Å²) in [6.45, 7) is 6.08. The van der Waals surface area contributed by atoms with E-state index < -0.39 is 6.04 Å².